The van der Waals surface area contributed by atoms with Crippen LogP contribution in [0.2, 0.25) is 0 Å². The topological polar surface area (TPSA) is 119 Å². The van der Waals surface area contributed by atoms with Crippen LogP contribution in [0.3, 0.4) is 0 Å². The van der Waals surface area contributed by atoms with Crippen LogP contribution in [-0.4, -0.2) is 12.3 Å². The highest BCUT2D eigenvalue weighted by Gasteiger charge is 2.31. The molecule has 0 aliphatic heterocycles. The monoisotopic (exact) mass is 701 g/mol. The van der Waals surface area contributed by atoms with Gasteiger partial charge in [0.2, 0.25) is 0 Å². The molecule has 0 aliphatic rings. The summed E-state index contributed by atoms with van der Waals surface area (Å²) in [5.74, 6) is 0. The van der Waals surface area contributed by atoms with Crippen LogP contribution in [0.15, 0.2) is 72.8 Å². The highest BCUT2D eigenvalue weighted by molar-refractivity contribution is 5.83. The number of hydrogen-bond donors (Lipinski definition) is 3. The maximum Gasteiger partial charge on any atom is 0.416 e. The van der Waals surface area contributed by atoms with Crippen LogP contribution in [0.4, 0.5) is 65.8 Å². The molecule has 3 rings (SSSR count). The quantitative estimate of drug-likeness (QED) is 0.206. The zero-order valence-electron chi connectivity index (χ0n) is 25.5. The molecular formula is C29H35F12N3O3. The Balaban J connectivity index is -0.000000164. The molecule has 0 saturated carbocycles. The van der Waals surface area contributed by atoms with E-state index in [4.69, 9.17) is 9.59 Å². The lowest BCUT2D eigenvalue weighted by atomic mass is 10.2. The van der Waals surface area contributed by atoms with Gasteiger partial charge in [0.25, 0.3) is 0 Å². The van der Waals surface area contributed by atoms with E-state index < -0.39 is 41.4 Å². The fourth-order valence-electron chi connectivity index (χ4n) is 2.24. The van der Waals surface area contributed by atoms with Crippen LogP contribution in [0.25, 0.3) is 0 Å². The minimum Gasteiger partial charge on any atom is -1.00 e. The van der Waals surface area contributed by atoms with Gasteiger partial charge in [0.15, 0.2) is 0 Å². The van der Waals surface area contributed by atoms with Gasteiger partial charge >= 0.3 is 30.8 Å². The molecule has 0 spiro atoms. The number of carbonyl (C=O) groups excluding carboxylic acids is 3. The molecule has 47 heavy (non-hydrogen) atoms. The summed E-state index contributed by atoms with van der Waals surface area (Å²) in [6.07, 6.45) is -12.0. The average Bonchev–Trinajstić information content (AvgIpc) is 2.90. The molecule has 0 aliphatic carbocycles. The molecule has 7 N–H and O–H groups in total. The Morgan fingerprint density at radius 2 is 0.766 bits per heavy atom. The van der Waals surface area contributed by atoms with Crippen molar-refractivity contribution in [2.75, 3.05) is 5.32 Å². The molecule has 0 heterocycles. The van der Waals surface area contributed by atoms with Crippen LogP contribution >= 0.6 is 0 Å². The van der Waals surface area contributed by atoms with E-state index in [-0.39, 0.29) is 21.2 Å². The van der Waals surface area contributed by atoms with Crippen LogP contribution < -0.4 is 26.2 Å². The minimum absolute atomic E-state index is 0. The van der Waals surface area contributed by atoms with Gasteiger partial charge in [-0.25, -0.2) is 4.79 Å². The molecule has 0 bridgehead atoms. The van der Waals surface area contributed by atoms with Gasteiger partial charge in [0, 0.05) is 5.69 Å². The first-order chi connectivity index (χ1) is 20.6. The third-order valence-electron chi connectivity index (χ3n) is 4.02. The second-order valence-corrected chi connectivity index (χ2v) is 8.36. The molecule has 268 valence electrons. The number of nitrogens with one attached hydrogen (secondary N) is 1. The van der Waals surface area contributed by atoms with Crippen molar-refractivity contribution in [2.24, 2.45) is 0 Å². The summed E-state index contributed by atoms with van der Waals surface area (Å²) in [6.45, 7) is 8.50. The molecular weight excluding hydrogens is 666 g/mol. The van der Waals surface area contributed by atoms with Gasteiger partial charge in [-0.2, -0.15) is 49.1 Å². The Kier molecular flexibility index (Phi) is 29.7. The van der Waals surface area contributed by atoms with Crippen molar-refractivity contribution in [3.05, 3.63) is 89.5 Å². The number of alkyl halides is 9. The standard InChI is InChI=1S/C8H5F4NO.2C7H6F3N.2C3H8.CO2.2FH/c9-7(14)13-6-3-1-5(2-4-6)8(10,11)12;2*8-7(9,10)5-1-3-6(11)4-2-5;2*1-3-2;2-1-3;;/h1-4H,(H,13,14);2*1-4H,11H2;2*3H2,1-2H3;;2*1H. The van der Waals surface area contributed by atoms with Crippen molar-refractivity contribution < 1.29 is 79.2 Å². The Hall–Kier alpha value is -4.41. The Morgan fingerprint density at radius 3 is 0.936 bits per heavy atom. The first-order valence-electron chi connectivity index (χ1n) is 12.8. The van der Waals surface area contributed by atoms with E-state index in [0.29, 0.717) is 11.4 Å². The zero-order chi connectivity index (χ0) is 35.9. The molecule has 1 amide bonds. The van der Waals surface area contributed by atoms with Crippen LogP contribution in [0.1, 0.15) is 57.2 Å². The summed E-state index contributed by atoms with van der Waals surface area (Å²) < 4.78 is 119. The highest BCUT2D eigenvalue weighted by Crippen LogP contribution is 2.31. The van der Waals surface area contributed by atoms with Crippen molar-refractivity contribution in [3.63, 3.8) is 0 Å². The van der Waals surface area contributed by atoms with E-state index in [2.05, 4.69) is 39.2 Å². The van der Waals surface area contributed by atoms with Gasteiger partial charge in [-0.05, 0) is 72.8 Å². The molecule has 3 aromatic carbocycles. The van der Waals surface area contributed by atoms with Crippen LogP contribution in [0, 0.1) is 0 Å². The second-order valence-electron chi connectivity index (χ2n) is 8.36. The van der Waals surface area contributed by atoms with Crippen LogP contribution in [-0.2, 0) is 28.1 Å². The maximum atomic E-state index is 12.0. The van der Waals surface area contributed by atoms with E-state index >= 15 is 0 Å². The number of rotatable bonds is 1. The van der Waals surface area contributed by atoms with Crippen molar-refractivity contribution in [1.82, 2.24) is 0 Å². The molecule has 3 aromatic rings. The van der Waals surface area contributed by atoms with E-state index in [1.165, 1.54) is 37.1 Å². The highest BCUT2D eigenvalue weighted by atomic mass is 19.4. The van der Waals surface area contributed by atoms with Gasteiger partial charge in [0.05, 0.1) is 16.7 Å². The lowest BCUT2D eigenvalue weighted by molar-refractivity contribution is -0.255. The van der Waals surface area contributed by atoms with Gasteiger partial charge < -0.3 is 20.9 Å². The van der Waals surface area contributed by atoms with Crippen LogP contribution in [0.5, 0.6) is 0 Å². The second kappa shape index (κ2) is 26.8. The average molecular weight is 702 g/mol. The Morgan fingerprint density at radius 1 is 0.574 bits per heavy atom. The molecule has 0 aromatic heterocycles. The van der Waals surface area contributed by atoms with E-state index in [9.17, 15) is 48.7 Å². The van der Waals surface area contributed by atoms with Gasteiger partial charge in [-0.3, -0.25) is 5.32 Å². The first-order valence-corrected chi connectivity index (χ1v) is 12.8. The fraction of sp³-hybridized carbons (Fsp3) is 0.310. The van der Waals surface area contributed by atoms with Crippen molar-refractivity contribution >= 4 is 29.4 Å². The number of halogens is 12. The van der Waals surface area contributed by atoms with E-state index in [1.807, 2.05) is 0 Å². The molecule has 18 heteroatoms. The van der Waals surface area contributed by atoms with Gasteiger partial charge in [-0.1, -0.05) is 40.5 Å². The normalized spacial score (nSPS) is 9.70. The summed E-state index contributed by atoms with van der Waals surface area (Å²) in [5, 5.41) is 1.71. The minimum atomic E-state index is -4.43. The van der Waals surface area contributed by atoms with Crippen molar-refractivity contribution in [3.8, 4) is 0 Å². The molecule has 6 nitrogen and oxygen atoms in total. The Labute approximate surface area is 262 Å². The molecule has 0 fully saturated rings. The smallest absolute Gasteiger partial charge is 0.416 e. The first kappa shape index (κ1) is 52.1. The predicted molar refractivity (Wildman–Crippen MR) is 146 cm³/mol. The fourth-order valence-corrected chi connectivity index (χ4v) is 2.24. The van der Waals surface area contributed by atoms with Crippen molar-refractivity contribution in [1.29, 1.82) is 0 Å². The lowest BCUT2D eigenvalue weighted by Gasteiger charge is -2.06. The van der Waals surface area contributed by atoms with Crippen molar-refractivity contribution in [2.45, 2.75) is 59.1 Å². The number of quaternary nitrogens is 2. The summed E-state index contributed by atoms with van der Waals surface area (Å²) in [6, 6.07) is 12.9. The summed E-state index contributed by atoms with van der Waals surface area (Å²) in [5.41, 5.74) is 5.97. The number of anilines is 1. The van der Waals surface area contributed by atoms with E-state index in [1.54, 1.807) is 5.32 Å². The number of amides is 1. The van der Waals surface area contributed by atoms with E-state index in [0.717, 1.165) is 48.5 Å². The SMILES string of the molecule is CCC.CCC.O=C(F)Nc1ccc(C(F)(F)F)cc1.O=C=O.[F-].[F-].[NH3+]c1ccc(C(F)(F)F)cc1.[NH3+]c1ccc(C(F)(F)F)cc1. The number of hydrogen-bond acceptors (Lipinski definition) is 3. The number of benzene rings is 3. The molecule has 0 unspecified atom stereocenters. The summed E-state index contributed by atoms with van der Waals surface area (Å²) >= 11 is 0. The molecule has 0 saturated heterocycles. The third-order valence-corrected chi connectivity index (χ3v) is 4.02. The third kappa shape index (κ3) is 28.8. The zero-order valence-corrected chi connectivity index (χ0v) is 25.5. The summed E-state index contributed by atoms with van der Waals surface area (Å²) in [4.78, 5) is 26.1. The summed E-state index contributed by atoms with van der Waals surface area (Å²) in [7, 11) is 0. The molecule has 0 radical (unpaired) electrons. The maximum absolute atomic E-state index is 12.0. The van der Waals surface area contributed by atoms with Gasteiger partial charge in [0.1, 0.15) is 11.4 Å². The lowest BCUT2D eigenvalue weighted by Crippen LogP contribution is -3.00. The predicted octanol–water partition coefficient (Wildman–Crippen LogP) is 2.62. The molecule has 0 atom stereocenters. The number of carbonyl (C=O) groups is 1. The largest absolute Gasteiger partial charge is 1.00 e. The van der Waals surface area contributed by atoms with Gasteiger partial charge in [-0.15, -0.1) is 4.39 Å². The Bertz CT molecular complexity index is 1170.